The number of aromatic nitrogens is 2. The minimum absolute atomic E-state index is 0.0408. The van der Waals surface area contributed by atoms with Gasteiger partial charge in [-0.15, -0.1) is 0 Å². The lowest BCUT2D eigenvalue weighted by atomic mass is 10.4. The molecule has 1 rings (SSSR count). The van der Waals surface area contributed by atoms with Crippen molar-refractivity contribution in [2.45, 2.75) is 13.0 Å². The average molecular weight is 181 g/mol. The normalized spacial score (nSPS) is 9.62. The Bertz CT molecular complexity index is 370. The minimum Gasteiger partial charge on any atom is -0.302 e. The molecule has 70 valence electrons. The van der Waals surface area contributed by atoms with Gasteiger partial charge in [0.25, 0.3) is 0 Å². The summed E-state index contributed by atoms with van der Waals surface area (Å²) in [4.78, 5) is 13.9. The fourth-order valence-electron chi connectivity index (χ4n) is 1.04. The van der Waals surface area contributed by atoms with Crippen LogP contribution in [0.1, 0.15) is 6.42 Å². The fourth-order valence-corrected chi connectivity index (χ4v) is 1.04. The molecule has 0 radical (unpaired) electrons. The maximum Gasteiger partial charge on any atom is 0.327 e. The topological polar surface area (TPSA) is 75.7 Å². The van der Waals surface area contributed by atoms with Crippen LogP contribution >= 0.6 is 0 Å². The number of azide groups is 1. The second-order valence-electron chi connectivity index (χ2n) is 2.69. The van der Waals surface area contributed by atoms with Gasteiger partial charge in [-0.25, -0.2) is 4.79 Å². The zero-order valence-corrected chi connectivity index (χ0v) is 7.42. The van der Waals surface area contributed by atoms with Crippen LogP contribution in [0.4, 0.5) is 0 Å². The molecule has 13 heavy (non-hydrogen) atoms. The summed E-state index contributed by atoms with van der Waals surface area (Å²) in [5, 5.41) is 3.38. The number of imidazole rings is 1. The van der Waals surface area contributed by atoms with E-state index in [2.05, 4.69) is 10.0 Å². The molecule has 1 heterocycles. The molecule has 0 amide bonds. The molecule has 0 fully saturated rings. The first-order valence-corrected chi connectivity index (χ1v) is 3.98. The highest BCUT2D eigenvalue weighted by Gasteiger charge is 1.97. The predicted octanol–water partition coefficient (Wildman–Crippen LogP) is 0.887. The van der Waals surface area contributed by atoms with Crippen molar-refractivity contribution in [2.24, 2.45) is 12.2 Å². The van der Waals surface area contributed by atoms with Gasteiger partial charge in [-0.05, 0) is 12.0 Å². The Morgan fingerprint density at radius 2 is 2.38 bits per heavy atom. The Hall–Kier alpha value is -1.68. The molecule has 6 heteroatoms. The van der Waals surface area contributed by atoms with E-state index in [1.54, 1.807) is 24.0 Å². The van der Waals surface area contributed by atoms with Crippen molar-refractivity contribution in [2.75, 3.05) is 6.54 Å². The van der Waals surface area contributed by atoms with Gasteiger partial charge >= 0.3 is 5.69 Å². The molecule has 0 aromatic carbocycles. The third kappa shape index (κ3) is 2.38. The summed E-state index contributed by atoms with van der Waals surface area (Å²) in [6.45, 7) is 1.02. The molecule has 1 aromatic rings. The van der Waals surface area contributed by atoms with Crippen molar-refractivity contribution in [1.82, 2.24) is 9.13 Å². The molecule has 1 aromatic heterocycles. The molecule has 0 unspecified atom stereocenters. The van der Waals surface area contributed by atoms with Gasteiger partial charge in [-0.3, -0.25) is 4.57 Å². The maximum atomic E-state index is 11.3. The number of nitrogens with zero attached hydrogens (tertiary/aromatic N) is 5. The van der Waals surface area contributed by atoms with Crippen LogP contribution in [0.5, 0.6) is 0 Å². The largest absolute Gasteiger partial charge is 0.327 e. The van der Waals surface area contributed by atoms with Gasteiger partial charge < -0.3 is 4.57 Å². The first-order valence-electron chi connectivity index (χ1n) is 3.98. The third-order valence-electron chi connectivity index (χ3n) is 1.74. The number of hydrogen-bond donors (Lipinski definition) is 0. The van der Waals surface area contributed by atoms with E-state index < -0.39 is 0 Å². The summed E-state index contributed by atoms with van der Waals surface area (Å²) in [6, 6.07) is 0. The predicted molar refractivity (Wildman–Crippen MR) is 48.3 cm³/mol. The van der Waals surface area contributed by atoms with E-state index in [9.17, 15) is 4.79 Å². The summed E-state index contributed by atoms with van der Waals surface area (Å²) in [6.07, 6.45) is 4.11. The monoisotopic (exact) mass is 181 g/mol. The minimum atomic E-state index is -0.0408. The highest BCUT2D eigenvalue weighted by molar-refractivity contribution is 4.79. The van der Waals surface area contributed by atoms with E-state index in [0.29, 0.717) is 19.5 Å². The average Bonchev–Trinajstić information content (AvgIpc) is 2.43. The van der Waals surface area contributed by atoms with Gasteiger partial charge in [0.1, 0.15) is 0 Å². The summed E-state index contributed by atoms with van der Waals surface area (Å²) in [5.41, 5.74) is 7.97. The van der Waals surface area contributed by atoms with Crippen LogP contribution in [0.15, 0.2) is 22.3 Å². The molecule has 0 saturated carbocycles. The number of hydrogen-bond acceptors (Lipinski definition) is 2. The van der Waals surface area contributed by atoms with E-state index in [1.807, 2.05) is 0 Å². The molecule has 0 spiro atoms. The molecule has 0 bridgehead atoms. The zero-order chi connectivity index (χ0) is 9.68. The Morgan fingerprint density at radius 3 is 2.92 bits per heavy atom. The maximum absolute atomic E-state index is 11.3. The van der Waals surface area contributed by atoms with Crippen LogP contribution in [-0.2, 0) is 13.6 Å². The second-order valence-corrected chi connectivity index (χ2v) is 2.69. The second kappa shape index (κ2) is 4.37. The molecular weight excluding hydrogens is 170 g/mol. The van der Waals surface area contributed by atoms with Crippen LogP contribution in [0.3, 0.4) is 0 Å². The standard InChI is InChI=1S/C7H11N5O/c1-11-5-6-12(7(11)13)4-2-3-9-10-8/h5-6H,2-4H2,1H3. The van der Waals surface area contributed by atoms with Crippen molar-refractivity contribution in [3.8, 4) is 0 Å². The lowest BCUT2D eigenvalue weighted by Gasteiger charge is -1.96. The van der Waals surface area contributed by atoms with Crippen LogP contribution in [0.25, 0.3) is 10.4 Å². The lowest BCUT2D eigenvalue weighted by molar-refractivity contribution is 0.616. The number of rotatable bonds is 4. The first-order chi connectivity index (χ1) is 6.25. The summed E-state index contributed by atoms with van der Waals surface area (Å²) >= 11 is 0. The summed E-state index contributed by atoms with van der Waals surface area (Å²) in [7, 11) is 1.70. The Kier molecular flexibility index (Phi) is 3.16. The van der Waals surface area contributed by atoms with Gasteiger partial charge in [-0.2, -0.15) is 0 Å². The molecule has 0 saturated heterocycles. The highest BCUT2D eigenvalue weighted by Crippen LogP contribution is 1.88. The molecule has 0 atom stereocenters. The van der Waals surface area contributed by atoms with Crippen molar-refractivity contribution < 1.29 is 0 Å². The van der Waals surface area contributed by atoms with E-state index in [-0.39, 0.29) is 5.69 Å². The van der Waals surface area contributed by atoms with Crippen LogP contribution < -0.4 is 5.69 Å². The van der Waals surface area contributed by atoms with Gasteiger partial charge in [0.2, 0.25) is 0 Å². The molecule has 0 aliphatic heterocycles. The first kappa shape index (κ1) is 9.41. The van der Waals surface area contributed by atoms with Gasteiger partial charge in [0.05, 0.1) is 0 Å². The van der Waals surface area contributed by atoms with Crippen LogP contribution in [0.2, 0.25) is 0 Å². The Morgan fingerprint density at radius 1 is 1.62 bits per heavy atom. The molecule has 0 aliphatic rings. The summed E-state index contributed by atoms with van der Waals surface area (Å²) < 4.78 is 3.10. The van der Waals surface area contributed by atoms with Crippen molar-refractivity contribution in [3.63, 3.8) is 0 Å². The van der Waals surface area contributed by atoms with E-state index in [1.165, 1.54) is 4.57 Å². The van der Waals surface area contributed by atoms with Crippen molar-refractivity contribution in [1.29, 1.82) is 0 Å². The van der Waals surface area contributed by atoms with Crippen LogP contribution in [0, 0.1) is 0 Å². The number of aryl methyl sites for hydroxylation is 2. The molecule has 6 nitrogen and oxygen atoms in total. The third-order valence-corrected chi connectivity index (χ3v) is 1.74. The van der Waals surface area contributed by atoms with E-state index in [4.69, 9.17) is 5.53 Å². The van der Waals surface area contributed by atoms with Gasteiger partial charge in [-0.1, -0.05) is 5.11 Å². The molecule has 0 N–H and O–H groups in total. The quantitative estimate of drug-likeness (QED) is 0.294. The van der Waals surface area contributed by atoms with E-state index in [0.717, 1.165) is 0 Å². The van der Waals surface area contributed by atoms with Crippen molar-refractivity contribution >= 4 is 0 Å². The smallest absolute Gasteiger partial charge is 0.302 e. The Balaban J connectivity index is 2.50. The van der Waals surface area contributed by atoms with E-state index >= 15 is 0 Å². The lowest BCUT2D eigenvalue weighted by Crippen LogP contribution is -2.22. The molecule has 0 aliphatic carbocycles. The SMILES string of the molecule is Cn1ccn(CCCN=[N+]=[N-])c1=O. The van der Waals surface area contributed by atoms with Crippen molar-refractivity contribution in [3.05, 3.63) is 33.3 Å². The molecular formula is C7H11N5O. The van der Waals surface area contributed by atoms with Crippen LogP contribution in [-0.4, -0.2) is 15.7 Å². The highest BCUT2D eigenvalue weighted by atomic mass is 16.1. The fraction of sp³-hybridized carbons (Fsp3) is 0.571. The zero-order valence-electron chi connectivity index (χ0n) is 7.42. The Labute approximate surface area is 75.0 Å². The van der Waals surface area contributed by atoms with Gasteiger partial charge in [0, 0.05) is 37.4 Å². The summed E-state index contributed by atoms with van der Waals surface area (Å²) in [5.74, 6) is 0. The van der Waals surface area contributed by atoms with Gasteiger partial charge in [0.15, 0.2) is 0 Å².